The van der Waals surface area contributed by atoms with Crippen LogP contribution in [0.1, 0.15) is 18.1 Å². The predicted octanol–water partition coefficient (Wildman–Crippen LogP) is -4.89. The van der Waals surface area contributed by atoms with Crippen molar-refractivity contribution in [3.8, 4) is 12.3 Å². The molecular weight excluding hydrogens is 643 g/mol. The number of quaternary nitrogens is 8. The zero-order valence-electron chi connectivity index (χ0n) is 24.3. The molecule has 0 radical (unpaired) electrons. The van der Waals surface area contributed by atoms with Gasteiger partial charge in [0, 0.05) is 12.0 Å². The number of aromatic nitrogens is 4. The van der Waals surface area contributed by atoms with E-state index in [0.29, 0.717) is 11.2 Å². The Morgan fingerprint density at radius 2 is 1.40 bits per heavy atom. The van der Waals surface area contributed by atoms with Crippen molar-refractivity contribution in [2.45, 2.75) is 24.2 Å². The number of anilines is 1. The van der Waals surface area contributed by atoms with E-state index in [9.17, 15) is 19.5 Å². The van der Waals surface area contributed by atoms with Crippen molar-refractivity contribution in [2.75, 3.05) is 12.3 Å². The van der Waals surface area contributed by atoms with Crippen LogP contribution in [0.3, 0.4) is 0 Å². The second-order valence-electron chi connectivity index (χ2n) is 6.07. The number of rotatable bonds is 4. The van der Waals surface area contributed by atoms with Gasteiger partial charge in [-0.25, -0.2) is 9.97 Å². The first kappa shape index (κ1) is 59.3. The summed E-state index contributed by atoms with van der Waals surface area (Å²) >= 11 is 0. The van der Waals surface area contributed by atoms with Crippen LogP contribution in [-0.4, -0.2) is 43.0 Å². The van der Waals surface area contributed by atoms with E-state index >= 15 is 0 Å². The second-order valence-corrected chi connectivity index (χ2v) is 9.02. The number of hydrogen-bond donors (Lipinski definition) is 10. The van der Waals surface area contributed by atoms with Gasteiger partial charge >= 0.3 is 0 Å². The van der Waals surface area contributed by atoms with Crippen molar-refractivity contribution < 1.29 is 67.2 Å². The van der Waals surface area contributed by atoms with Gasteiger partial charge in [-0.1, -0.05) is 5.92 Å². The molecule has 2 aromatic rings. The van der Waals surface area contributed by atoms with Gasteiger partial charge in [0.05, 0.1) is 32.8 Å². The SMILES string of the molecule is C#C[C@]1(COP(=O)([O-])[O-])O[C@@H](c2cnn3c(N)ncnc23)C[C@@H]1O.O=P([O-])([O-])[O-].O=P([O-])([O-])[O-].[NH4+].[NH4+].[NH4+].[NH4+].[NH4+].[NH4+].[NH4+].[NH4+]. The summed E-state index contributed by atoms with van der Waals surface area (Å²) in [7, 11) is -16.0. The summed E-state index contributed by atoms with van der Waals surface area (Å²) in [5.41, 5.74) is 4.73. The van der Waals surface area contributed by atoms with Crippen LogP contribution in [0.5, 0.6) is 0 Å². The van der Waals surface area contributed by atoms with Crippen LogP contribution in [0.15, 0.2) is 12.5 Å². The standard InChI is InChI=1S/C12H14N5O6P.8H3N.2H3O4P/c1-2-12(5-22-24(19,20)21)9(18)3-8(23-12)7-4-16-17-10(7)14-6-15-11(17)13;;;;;;;;;2*1-5(2,3)4/h1,4,6,8-9,18H,3,5H2,(H2,13,14,15)(H2,19,20,21);8*1H3;2*(H3,1,2,3,4)/t8-,9+,12-;;;;;;;;;;/m1........../s1. The highest BCUT2D eigenvalue weighted by Crippen LogP contribution is 2.42. The van der Waals surface area contributed by atoms with Crippen LogP contribution in [0.4, 0.5) is 5.95 Å². The van der Waals surface area contributed by atoms with Crippen molar-refractivity contribution in [2.24, 2.45) is 0 Å². The number of phosphoric acid groups is 3. The third-order valence-corrected chi connectivity index (χ3v) is 4.16. The van der Waals surface area contributed by atoms with Crippen LogP contribution in [0.2, 0.25) is 0 Å². The molecule has 3 rings (SSSR count). The van der Waals surface area contributed by atoms with Crippen molar-refractivity contribution >= 4 is 35.1 Å². The molecule has 3 atom stereocenters. The van der Waals surface area contributed by atoms with E-state index in [-0.39, 0.29) is 61.6 Å². The molecule has 1 fully saturated rings. The fourth-order valence-corrected chi connectivity index (χ4v) is 2.87. The molecule has 0 spiro atoms. The van der Waals surface area contributed by atoms with E-state index in [4.69, 9.17) is 55.4 Å². The Morgan fingerprint density at radius 1 is 0.976 bits per heavy atom. The van der Waals surface area contributed by atoms with Gasteiger partial charge in [-0.3, -0.25) is 0 Å². The van der Waals surface area contributed by atoms with Gasteiger partial charge in [-0.05, 0) is 0 Å². The lowest BCUT2D eigenvalue weighted by Gasteiger charge is -2.36. The molecule has 0 bridgehead atoms. The molecule has 2 aromatic heterocycles. The fourth-order valence-electron chi connectivity index (χ4n) is 2.52. The molecule has 1 aliphatic rings. The maximum Gasteiger partial charge on any atom is 0.224 e. The van der Waals surface area contributed by atoms with Crippen LogP contribution in [0, 0.1) is 12.3 Å². The molecule has 0 aromatic carbocycles. The molecule has 256 valence electrons. The summed E-state index contributed by atoms with van der Waals surface area (Å²) in [6.07, 6.45) is 6.06. The predicted molar refractivity (Wildman–Crippen MR) is 138 cm³/mol. The minimum Gasteiger partial charge on any atom is -0.822 e. The lowest BCUT2D eigenvalue weighted by atomic mass is 9.97. The smallest absolute Gasteiger partial charge is 0.224 e. The number of aliphatic hydroxyl groups is 1. The number of nitrogen functional groups attached to an aromatic ring is 1. The summed E-state index contributed by atoms with van der Waals surface area (Å²) in [5, 5.41) is 14.2. The van der Waals surface area contributed by atoms with Crippen LogP contribution in [-0.2, 0) is 23.0 Å². The number of nitrogens with zero attached hydrogens (tertiary/aromatic N) is 4. The van der Waals surface area contributed by atoms with Crippen LogP contribution in [0.25, 0.3) is 5.65 Å². The van der Waals surface area contributed by atoms with E-state index in [2.05, 4.69) is 25.5 Å². The molecule has 3 heterocycles. The largest absolute Gasteiger partial charge is 0.822 e. The number of terminal acetylenes is 1. The second kappa shape index (κ2) is 22.4. The van der Waals surface area contributed by atoms with Crippen LogP contribution >= 0.6 is 23.5 Å². The summed E-state index contributed by atoms with van der Waals surface area (Å²) < 4.78 is 38.9. The Hall–Kier alpha value is -2.16. The summed E-state index contributed by atoms with van der Waals surface area (Å²) in [4.78, 5) is 80.5. The van der Waals surface area contributed by atoms with Crippen molar-refractivity contribution in [3.05, 3.63) is 18.1 Å². The van der Waals surface area contributed by atoms with Crippen molar-refractivity contribution in [1.82, 2.24) is 68.8 Å². The Bertz CT molecular complexity index is 1150. The first-order valence-corrected chi connectivity index (χ1v) is 12.5. The average Bonchev–Trinajstić information content (AvgIpc) is 3.19. The van der Waals surface area contributed by atoms with E-state index in [1.807, 2.05) is 0 Å². The molecule has 30 heteroatoms. The lowest BCUT2D eigenvalue weighted by molar-refractivity contribution is -0.434. The fraction of sp³-hybridized carbons (Fsp3) is 0.417. The Labute approximate surface area is 238 Å². The highest BCUT2D eigenvalue weighted by molar-refractivity contribution is 7.43. The van der Waals surface area contributed by atoms with E-state index < -0.39 is 47.9 Å². The zero-order valence-corrected chi connectivity index (χ0v) is 26.9. The third kappa shape index (κ3) is 20.7. The minimum atomic E-state index is -5.39. The number of fused-ring (bicyclic) bond motifs is 1. The minimum absolute atomic E-state index is 0. The number of ether oxygens (including phenoxy) is 1. The average molecular weight is 687 g/mol. The number of nitrogens with two attached hydrogens (primary N) is 1. The van der Waals surface area contributed by atoms with Gasteiger partial charge in [0.15, 0.2) is 11.2 Å². The number of aliphatic hydroxyl groups excluding tert-OH is 1. The highest BCUT2D eigenvalue weighted by Gasteiger charge is 2.48. The Kier molecular flexibility index (Phi) is 31.6. The quantitative estimate of drug-likeness (QED) is 0.106. The van der Waals surface area contributed by atoms with Crippen molar-refractivity contribution in [1.29, 1.82) is 0 Å². The number of hydrogen-bond acceptors (Lipinski definition) is 18. The monoisotopic (exact) mass is 687 g/mol. The Balaban J connectivity index is -0.0000000941. The zero-order chi connectivity index (χ0) is 26.5. The van der Waals surface area contributed by atoms with Gasteiger partial charge in [-0.15, -0.1) is 6.42 Å². The molecular formula is C12H44N13O14P3. The molecule has 0 unspecified atom stereocenters. The maximum absolute atomic E-state index is 10.7. The molecule has 35 N–H and O–H groups in total. The van der Waals surface area contributed by atoms with E-state index in [1.54, 1.807) is 0 Å². The van der Waals surface area contributed by atoms with Gasteiger partial charge in [0.1, 0.15) is 6.33 Å². The van der Waals surface area contributed by atoms with Gasteiger partial charge < -0.3 is 122 Å². The van der Waals surface area contributed by atoms with Gasteiger partial charge in [0.25, 0.3) is 0 Å². The Morgan fingerprint density at radius 3 is 1.79 bits per heavy atom. The normalized spacial score (nSPS) is 18.5. The molecule has 1 aliphatic heterocycles. The first-order valence-electron chi connectivity index (χ1n) is 8.16. The molecule has 0 amide bonds. The van der Waals surface area contributed by atoms with E-state index in [1.165, 1.54) is 17.0 Å². The molecule has 0 aliphatic carbocycles. The highest BCUT2D eigenvalue weighted by atomic mass is 31.2. The van der Waals surface area contributed by atoms with Gasteiger partial charge in [-0.2, -0.15) is 25.3 Å². The summed E-state index contributed by atoms with van der Waals surface area (Å²) in [6.45, 7) is -0.790. The van der Waals surface area contributed by atoms with Crippen molar-refractivity contribution in [3.63, 3.8) is 0 Å². The van der Waals surface area contributed by atoms with Crippen LogP contribution < -0.4 is 94.1 Å². The summed E-state index contributed by atoms with van der Waals surface area (Å²) in [6, 6.07) is 0. The topological polar surface area (TPSA) is 635 Å². The molecule has 1 saturated heterocycles. The lowest BCUT2D eigenvalue weighted by Crippen LogP contribution is -2.43. The number of phosphoric ester groups is 1. The maximum atomic E-state index is 10.7. The van der Waals surface area contributed by atoms with Gasteiger partial charge in [0.2, 0.25) is 5.95 Å². The molecule has 42 heavy (non-hydrogen) atoms. The molecule has 0 saturated carbocycles. The first-order chi connectivity index (χ1) is 15.3. The van der Waals surface area contributed by atoms with E-state index in [0.717, 1.165) is 0 Å². The molecule has 27 nitrogen and oxygen atoms in total. The third-order valence-electron chi connectivity index (χ3n) is 3.71. The summed E-state index contributed by atoms with van der Waals surface area (Å²) in [5.74, 6) is 2.28.